The van der Waals surface area contributed by atoms with E-state index in [1.165, 1.54) is 11.3 Å². The second-order valence-electron chi connectivity index (χ2n) is 6.27. The fourth-order valence-corrected chi connectivity index (χ4v) is 3.65. The van der Waals surface area contributed by atoms with E-state index < -0.39 is 0 Å². The SMILES string of the molecule is CC(C)OCCCN1CC(O)=C(c2nc(-c3ccccc3)cs2)C1=N. The molecule has 0 aliphatic carbocycles. The van der Waals surface area contributed by atoms with Crippen LogP contribution in [0.3, 0.4) is 0 Å². The topological polar surface area (TPSA) is 69.4 Å². The van der Waals surface area contributed by atoms with Crippen molar-refractivity contribution in [2.45, 2.75) is 26.4 Å². The Bertz CT molecular complexity index is 768. The van der Waals surface area contributed by atoms with Crippen molar-refractivity contribution in [2.75, 3.05) is 19.7 Å². The van der Waals surface area contributed by atoms with Crippen LogP contribution in [-0.4, -0.2) is 46.6 Å². The molecule has 2 N–H and O–H groups in total. The maximum Gasteiger partial charge on any atom is 0.135 e. The molecular formula is C19H23N3O2S. The number of hydrogen-bond donors (Lipinski definition) is 2. The minimum atomic E-state index is 0.215. The van der Waals surface area contributed by atoms with Crippen molar-refractivity contribution in [3.63, 3.8) is 0 Å². The van der Waals surface area contributed by atoms with Crippen molar-refractivity contribution in [3.05, 3.63) is 46.5 Å². The first kappa shape index (κ1) is 17.6. The van der Waals surface area contributed by atoms with Crippen LogP contribution in [0.15, 0.2) is 41.5 Å². The highest BCUT2D eigenvalue weighted by atomic mass is 32.1. The lowest BCUT2D eigenvalue weighted by Gasteiger charge is -2.18. The number of nitrogens with zero attached hydrogens (tertiary/aromatic N) is 2. The standard InChI is InChI=1S/C19H23N3O2S/c1-13(2)24-10-6-9-22-11-16(23)17(18(22)20)19-21-15(12-25-19)14-7-4-3-5-8-14/h3-5,7-8,12-13,20,23H,6,9-11H2,1-2H3. The Kier molecular flexibility index (Phi) is 5.50. The van der Waals surface area contributed by atoms with Crippen LogP contribution in [0.2, 0.25) is 0 Å². The summed E-state index contributed by atoms with van der Waals surface area (Å²) in [6.45, 7) is 5.74. The van der Waals surface area contributed by atoms with Crippen molar-refractivity contribution < 1.29 is 9.84 Å². The van der Waals surface area contributed by atoms with Gasteiger partial charge in [0.25, 0.3) is 0 Å². The van der Waals surface area contributed by atoms with E-state index >= 15 is 0 Å². The van der Waals surface area contributed by atoms with Crippen LogP contribution in [0.1, 0.15) is 25.3 Å². The van der Waals surface area contributed by atoms with Gasteiger partial charge in [0.2, 0.25) is 0 Å². The van der Waals surface area contributed by atoms with Gasteiger partial charge < -0.3 is 14.7 Å². The van der Waals surface area contributed by atoms with Crippen LogP contribution in [0.25, 0.3) is 16.8 Å². The Morgan fingerprint density at radius 2 is 2.08 bits per heavy atom. The number of ether oxygens (including phenoxy) is 1. The normalized spacial score (nSPS) is 14.8. The zero-order chi connectivity index (χ0) is 17.8. The molecule has 0 spiro atoms. The van der Waals surface area contributed by atoms with Crippen molar-refractivity contribution in [3.8, 4) is 11.3 Å². The first-order valence-corrected chi connectivity index (χ1v) is 9.33. The minimum absolute atomic E-state index is 0.215. The second kappa shape index (κ2) is 7.80. The molecule has 5 nitrogen and oxygen atoms in total. The lowest BCUT2D eigenvalue weighted by Crippen LogP contribution is -2.28. The van der Waals surface area contributed by atoms with Gasteiger partial charge in [0, 0.05) is 24.1 Å². The average Bonchev–Trinajstić information content (AvgIpc) is 3.17. The molecule has 0 radical (unpaired) electrons. The lowest BCUT2D eigenvalue weighted by molar-refractivity contribution is 0.0742. The van der Waals surface area contributed by atoms with Gasteiger partial charge in [-0.3, -0.25) is 5.41 Å². The van der Waals surface area contributed by atoms with Crippen LogP contribution >= 0.6 is 11.3 Å². The van der Waals surface area contributed by atoms with E-state index in [1.54, 1.807) is 0 Å². The van der Waals surface area contributed by atoms with E-state index in [2.05, 4.69) is 4.98 Å². The third-order valence-corrected chi connectivity index (χ3v) is 4.85. The maximum atomic E-state index is 10.3. The van der Waals surface area contributed by atoms with Crippen LogP contribution in [-0.2, 0) is 4.74 Å². The lowest BCUT2D eigenvalue weighted by atomic mass is 10.2. The molecule has 0 bridgehead atoms. The van der Waals surface area contributed by atoms with Crippen molar-refractivity contribution >= 4 is 22.7 Å². The third-order valence-electron chi connectivity index (χ3n) is 3.99. The molecule has 0 atom stereocenters. The molecule has 1 aromatic heterocycles. The van der Waals surface area contributed by atoms with Gasteiger partial charge in [-0.2, -0.15) is 0 Å². The molecule has 132 valence electrons. The van der Waals surface area contributed by atoms with E-state index in [9.17, 15) is 5.11 Å². The van der Waals surface area contributed by atoms with Crippen molar-refractivity contribution in [2.24, 2.45) is 0 Å². The Morgan fingerprint density at radius 1 is 1.32 bits per heavy atom. The Morgan fingerprint density at radius 3 is 2.80 bits per heavy atom. The summed E-state index contributed by atoms with van der Waals surface area (Å²) in [4.78, 5) is 6.50. The molecule has 0 saturated heterocycles. The molecule has 3 rings (SSSR count). The summed E-state index contributed by atoms with van der Waals surface area (Å²) >= 11 is 1.46. The molecule has 0 saturated carbocycles. The van der Waals surface area contributed by atoms with Gasteiger partial charge in [0.1, 0.15) is 16.6 Å². The number of nitrogens with one attached hydrogen (secondary N) is 1. The highest BCUT2D eigenvalue weighted by molar-refractivity contribution is 7.11. The zero-order valence-corrected chi connectivity index (χ0v) is 15.3. The second-order valence-corrected chi connectivity index (χ2v) is 7.13. The molecule has 0 amide bonds. The monoisotopic (exact) mass is 357 g/mol. The van der Waals surface area contributed by atoms with Gasteiger partial charge in [-0.25, -0.2) is 4.98 Å². The summed E-state index contributed by atoms with van der Waals surface area (Å²) in [5.74, 6) is 0.569. The summed E-state index contributed by atoms with van der Waals surface area (Å²) in [5, 5.41) is 21.4. The van der Waals surface area contributed by atoms with Gasteiger partial charge in [-0.05, 0) is 20.3 Å². The fourth-order valence-electron chi connectivity index (χ4n) is 2.75. The van der Waals surface area contributed by atoms with Crippen LogP contribution in [0.5, 0.6) is 0 Å². The minimum Gasteiger partial charge on any atom is -0.510 e. The number of benzene rings is 1. The fraction of sp³-hybridized carbons (Fsp3) is 0.368. The number of amidine groups is 1. The molecule has 2 aromatic rings. The first-order chi connectivity index (χ1) is 12.1. The Labute approximate surface area is 152 Å². The highest BCUT2D eigenvalue weighted by Gasteiger charge is 2.29. The molecule has 2 heterocycles. The number of aliphatic hydroxyl groups is 1. The summed E-state index contributed by atoms with van der Waals surface area (Å²) < 4.78 is 5.54. The summed E-state index contributed by atoms with van der Waals surface area (Å²) in [7, 11) is 0. The first-order valence-electron chi connectivity index (χ1n) is 8.45. The Hall–Kier alpha value is -2.18. The van der Waals surface area contributed by atoms with Gasteiger partial charge in [0.15, 0.2) is 0 Å². The number of thiazole rings is 1. The van der Waals surface area contributed by atoms with E-state index in [1.807, 2.05) is 54.5 Å². The average molecular weight is 357 g/mol. The molecule has 0 fully saturated rings. The van der Waals surface area contributed by atoms with Crippen LogP contribution in [0, 0.1) is 5.41 Å². The van der Waals surface area contributed by atoms with E-state index in [4.69, 9.17) is 10.1 Å². The number of rotatable bonds is 7. The molecule has 0 unspecified atom stereocenters. The molecule has 25 heavy (non-hydrogen) atoms. The zero-order valence-electron chi connectivity index (χ0n) is 14.5. The van der Waals surface area contributed by atoms with Crippen LogP contribution < -0.4 is 0 Å². The van der Waals surface area contributed by atoms with Gasteiger partial charge in [-0.15, -0.1) is 11.3 Å². The van der Waals surface area contributed by atoms with E-state index in [-0.39, 0.29) is 11.9 Å². The number of hydrogen-bond acceptors (Lipinski definition) is 5. The summed E-state index contributed by atoms with van der Waals surface area (Å²) in [6.07, 6.45) is 1.04. The predicted octanol–water partition coefficient (Wildman–Crippen LogP) is 4.19. The van der Waals surface area contributed by atoms with Gasteiger partial charge in [0.05, 0.1) is 23.9 Å². The summed E-state index contributed by atoms with van der Waals surface area (Å²) in [6, 6.07) is 9.94. The van der Waals surface area contributed by atoms with Crippen molar-refractivity contribution in [1.29, 1.82) is 5.41 Å². The predicted molar refractivity (Wildman–Crippen MR) is 102 cm³/mol. The molecule has 6 heteroatoms. The quantitative estimate of drug-likeness (QED) is 0.729. The third kappa shape index (κ3) is 4.08. The summed E-state index contributed by atoms with van der Waals surface area (Å²) in [5.41, 5.74) is 2.46. The van der Waals surface area contributed by atoms with Gasteiger partial charge in [-0.1, -0.05) is 30.3 Å². The van der Waals surface area contributed by atoms with Gasteiger partial charge >= 0.3 is 0 Å². The van der Waals surface area contributed by atoms with E-state index in [0.29, 0.717) is 36.1 Å². The highest BCUT2D eigenvalue weighted by Crippen LogP contribution is 2.32. The molecule has 1 aliphatic heterocycles. The number of aromatic nitrogens is 1. The molecule has 1 aliphatic rings. The van der Waals surface area contributed by atoms with Crippen LogP contribution in [0.4, 0.5) is 0 Å². The Balaban J connectivity index is 1.67. The van der Waals surface area contributed by atoms with Crippen molar-refractivity contribution in [1.82, 2.24) is 9.88 Å². The smallest absolute Gasteiger partial charge is 0.135 e. The largest absolute Gasteiger partial charge is 0.510 e. The maximum absolute atomic E-state index is 10.3. The molecule has 1 aromatic carbocycles. The molecular weight excluding hydrogens is 334 g/mol. The van der Waals surface area contributed by atoms with E-state index in [0.717, 1.165) is 17.7 Å². The number of aliphatic hydroxyl groups excluding tert-OH is 1.